The summed E-state index contributed by atoms with van der Waals surface area (Å²) >= 11 is -0.165. The lowest BCUT2D eigenvalue weighted by atomic mass is 10.4. The largest absolute Gasteiger partial charge is 0.523 e. The van der Waals surface area contributed by atoms with Crippen LogP contribution in [-0.4, -0.2) is 40.2 Å². The van der Waals surface area contributed by atoms with Gasteiger partial charge in [0, 0.05) is 0 Å². The van der Waals surface area contributed by atoms with Crippen molar-refractivity contribution < 1.29 is 28.5 Å². The summed E-state index contributed by atoms with van der Waals surface area (Å²) in [5.41, 5.74) is 0. The minimum absolute atomic E-state index is 0.165. The molecule has 66 valence electrons. The molecule has 0 aliphatic heterocycles. The molecule has 0 saturated carbocycles. The van der Waals surface area contributed by atoms with Gasteiger partial charge in [0.2, 0.25) is 12.3 Å². The zero-order chi connectivity index (χ0) is 8.69. The highest BCUT2D eigenvalue weighted by Gasteiger charge is 2.13. The molecule has 0 unspecified atom stereocenters. The van der Waals surface area contributed by atoms with Crippen molar-refractivity contribution in [2.45, 2.75) is 6.10 Å². The van der Waals surface area contributed by atoms with E-state index in [0.29, 0.717) is 0 Å². The smallest absolute Gasteiger partial charge is 0.425 e. The summed E-state index contributed by atoms with van der Waals surface area (Å²) in [6, 6.07) is 0. The monoisotopic (exact) mass is 184 g/mol. The fraction of sp³-hybridized carbons (Fsp3) is 0.750. The SMILES string of the molecule is O=C(OSO)OC(CO)CO. The third kappa shape index (κ3) is 4.85. The normalized spacial score (nSPS) is 9.82. The molecule has 0 aliphatic carbocycles. The van der Waals surface area contributed by atoms with Gasteiger partial charge in [-0.1, -0.05) is 0 Å². The van der Waals surface area contributed by atoms with Crippen molar-refractivity contribution in [2.24, 2.45) is 0 Å². The molecule has 7 heteroatoms. The zero-order valence-electron chi connectivity index (χ0n) is 5.47. The van der Waals surface area contributed by atoms with Crippen LogP contribution in [0, 0.1) is 0 Å². The van der Waals surface area contributed by atoms with E-state index in [0.717, 1.165) is 0 Å². The zero-order valence-corrected chi connectivity index (χ0v) is 6.28. The Hall–Kier alpha value is -0.500. The van der Waals surface area contributed by atoms with Crippen molar-refractivity contribution in [3.8, 4) is 0 Å². The Labute approximate surface area is 67.1 Å². The van der Waals surface area contributed by atoms with E-state index in [1.165, 1.54) is 0 Å². The number of rotatable bonds is 4. The van der Waals surface area contributed by atoms with Crippen molar-refractivity contribution in [2.75, 3.05) is 13.2 Å². The van der Waals surface area contributed by atoms with Gasteiger partial charge in [-0.05, 0) is 0 Å². The van der Waals surface area contributed by atoms with Crippen molar-refractivity contribution in [1.29, 1.82) is 0 Å². The average Bonchev–Trinajstić information content (AvgIpc) is 2.01. The van der Waals surface area contributed by atoms with E-state index < -0.39 is 25.5 Å². The van der Waals surface area contributed by atoms with Crippen LogP contribution in [0.3, 0.4) is 0 Å². The highest BCUT2D eigenvalue weighted by Crippen LogP contribution is 2.00. The predicted octanol–water partition coefficient (Wildman–Crippen LogP) is -0.386. The molecule has 0 atom stereocenters. The average molecular weight is 184 g/mol. The van der Waals surface area contributed by atoms with Gasteiger partial charge >= 0.3 is 6.16 Å². The molecule has 0 radical (unpaired) electrons. The molecule has 0 rings (SSSR count). The van der Waals surface area contributed by atoms with Crippen LogP contribution in [0.5, 0.6) is 0 Å². The van der Waals surface area contributed by atoms with E-state index in [2.05, 4.69) is 8.92 Å². The molecular weight excluding hydrogens is 176 g/mol. The highest BCUT2D eigenvalue weighted by atomic mass is 32.2. The van der Waals surface area contributed by atoms with Gasteiger partial charge in [0.1, 0.15) is 0 Å². The number of hydrogen-bond donors (Lipinski definition) is 3. The number of hydrogen-bond acceptors (Lipinski definition) is 7. The Morgan fingerprint density at radius 2 is 2.00 bits per heavy atom. The summed E-state index contributed by atoms with van der Waals surface area (Å²) in [6.07, 6.45) is -2.17. The second-order valence-electron chi connectivity index (χ2n) is 1.51. The van der Waals surface area contributed by atoms with Gasteiger partial charge in [-0.3, -0.25) is 4.55 Å². The molecule has 0 heterocycles. The fourth-order valence-corrected chi connectivity index (χ4v) is 0.419. The molecule has 3 N–H and O–H groups in total. The first kappa shape index (κ1) is 10.5. The summed E-state index contributed by atoms with van der Waals surface area (Å²) in [4.78, 5) is 10.3. The van der Waals surface area contributed by atoms with Crippen LogP contribution in [0.2, 0.25) is 0 Å². The molecule has 0 saturated heterocycles. The molecule has 0 bridgehead atoms. The second kappa shape index (κ2) is 6.23. The Morgan fingerprint density at radius 3 is 2.36 bits per heavy atom. The Bertz CT molecular complexity index is 113. The first-order valence-corrected chi connectivity index (χ1v) is 3.34. The van der Waals surface area contributed by atoms with Gasteiger partial charge in [0.25, 0.3) is 0 Å². The summed E-state index contributed by atoms with van der Waals surface area (Å²) in [7, 11) is 0. The van der Waals surface area contributed by atoms with Crippen LogP contribution in [0.15, 0.2) is 0 Å². The van der Waals surface area contributed by atoms with Crippen LogP contribution in [0.1, 0.15) is 0 Å². The summed E-state index contributed by atoms with van der Waals surface area (Å²) in [6.45, 7) is -0.997. The molecule has 0 aromatic rings. The highest BCUT2D eigenvalue weighted by molar-refractivity contribution is 7.89. The fourth-order valence-electron chi connectivity index (χ4n) is 0.318. The van der Waals surface area contributed by atoms with Gasteiger partial charge in [-0.25, -0.2) is 4.79 Å². The maximum atomic E-state index is 10.3. The Kier molecular flexibility index (Phi) is 5.94. The molecule has 0 aromatic heterocycles. The molecular formula is C4H8O6S. The van der Waals surface area contributed by atoms with E-state index in [1.54, 1.807) is 0 Å². The van der Waals surface area contributed by atoms with Gasteiger partial charge in [0.15, 0.2) is 6.10 Å². The van der Waals surface area contributed by atoms with Gasteiger partial charge in [-0.15, -0.1) is 0 Å². The standard InChI is InChI=1S/C4H8O6S/c5-1-3(2-6)9-4(7)10-11-8/h3,5-6,8H,1-2H2. The molecule has 0 spiro atoms. The van der Waals surface area contributed by atoms with Gasteiger partial charge < -0.3 is 19.1 Å². The third-order valence-electron chi connectivity index (χ3n) is 0.775. The van der Waals surface area contributed by atoms with E-state index in [4.69, 9.17) is 14.8 Å². The summed E-state index contributed by atoms with van der Waals surface area (Å²) in [5.74, 6) is 0. The van der Waals surface area contributed by atoms with Crippen LogP contribution < -0.4 is 0 Å². The van der Waals surface area contributed by atoms with Gasteiger partial charge in [0.05, 0.1) is 13.2 Å². The molecule has 0 fully saturated rings. The van der Waals surface area contributed by atoms with E-state index in [-0.39, 0.29) is 12.3 Å². The summed E-state index contributed by atoms with van der Waals surface area (Å²) < 4.78 is 16.1. The lowest BCUT2D eigenvalue weighted by Gasteiger charge is -2.09. The molecule has 0 amide bonds. The number of ether oxygens (including phenoxy) is 1. The predicted molar refractivity (Wildman–Crippen MR) is 35.7 cm³/mol. The first-order valence-electron chi connectivity index (χ1n) is 2.65. The van der Waals surface area contributed by atoms with E-state index >= 15 is 0 Å². The van der Waals surface area contributed by atoms with Gasteiger partial charge in [-0.2, -0.15) is 0 Å². The van der Waals surface area contributed by atoms with E-state index in [1.807, 2.05) is 0 Å². The van der Waals surface area contributed by atoms with Crippen LogP contribution >= 0.6 is 12.3 Å². The van der Waals surface area contributed by atoms with Crippen molar-refractivity contribution in [1.82, 2.24) is 0 Å². The Balaban J connectivity index is 3.54. The number of aliphatic hydroxyl groups is 2. The Morgan fingerprint density at radius 1 is 1.45 bits per heavy atom. The molecule has 11 heavy (non-hydrogen) atoms. The topological polar surface area (TPSA) is 96.2 Å². The third-order valence-corrected chi connectivity index (χ3v) is 0.986. The molecule has 0 aliphatic rings. The molecule has 6 nitrogen and oxygen atoms in total. The number of carbonyl (C=O) groups is 1. The quantitative estimate of drug-likeness (QED) is 0.404. The van der Waals surface area contributed by atoms with E-state index in [9.17, 15) is 4.79 Å². The maximum Gasteiger partial charge on any atom is 0.523 e. The van der Waals surface area contributed by atoms with Crippen LogP contribution in [-0.2, 0) is 8.92 Å². The lowest BCUT2D eigenvalue weighted by molar-refractivity contribution is 0.00331. The molecule has 0 aromatic carbocycles. The minimum atomic E-state index is -1.16. The lowest BCUT2D eigenvalue weighted by Crippen LogP contribution is -2.25. The minimum Gasteiger partial charge on any atom is -0.425 e. The second-order valence-corrected chi connectivity index (χ2v) is 1.83. The maximum absolute atomic E-state index is 10.3. The number of aliphatic hydroxyl groups excluding tert-OH is 2. The first-order chi connectivity index (χ1) is 5.24. The van der Waals surface area contributed by atoms with Crippen LogP contribution in [0.4, 0.5) is 4.79 Å². The van der Waals surface area contributed by atoms with Crippen molar-refractivity contribution >= 4 is 18.5 Å². The number of carbonyl (C=O) groups excluding carboxylic acids is 1. The van der Waals surface area contributed by atoms with Crippen molar-refractivity contribution in [3.05, 3.63) is 0 Å². The summed E-state index contributed by atoms with van der Waals surface area (Å²) in [5, 5.41) is 16.8. The van der Waals surface area contributed by atoms with Crippen LogP contribution in [0.25, 0.3) is 0 Å². The van der Waals surface area contributed by atoms with Crippen molar-refractivity contribution in [3.63, 3.8) is 0 Å².